The SMILES string of the molecule is COCCNC(=O)CN(c1cc(Cl)cc(Cl)c1)S(=O)(=O)c1ccc(C)cc1. The molecular weight excluding hydrogens is 411 g/mol. The maximum Gasteiger partial charge on any atom is 0.264 e. The minimum Gasteiger partial charge on any atom is -0.383 e. The summed E-state index contributed by atoms with van der Waals surface area (Å²) in [4.78, 5) is 12.3. The highest BCUT2D eigenvalue weighted by Gasteiger charge is 2.27. The molecule has 0 atom stereocenters. The first-order valence-corrected chi connectivity index (χ1v) is 10.2. The molecule has 0 bridgehead atoms. The van der Waals surface area contributed by atoms with Crippen LogP contribution in [0.1, 0.15) is 5.56 Å². The van der Waals surface area contributed by atoms with Crippen LogP contribution in [0.25, 0.3) is 0 Å². The van der Waals surface area contributed by atoms with E-state index >= 15 is 0 Å². The van der Waals surface area contributed by atoms with Gasteiger partial charge in [0.15, 0.2) is 0 Å². The molecule has 2 rings (SSSR count). The third-order valence-electron chi connectivity index (χ3n) is 3.66. The van der Waals surface area contributed by atoms with Gasteiger partial charge in [0.1, 0.15) is 6.54 Å². The number of nitrogens with zero attached hydrogens (tertiary/aromatic N) is 1. The molecule has 0 aliphatic rings. The lowest BCUT2D eigenvalue weighted by Gasteiger charge is -2.24. The van der Waals surface area contributed by atoms with Crippen LogP contribution in [0, 0.1) is 6.92 Å². The predicted molar refractivity (Wildman–Crippen MR) is 107 cm³/mol. The molecule has 0 radical (unpaired) electrons. The first-order chi connectivity index (χ1) is 12.7. The van der Waals surface area contributed by atoms with Gasteiger partial charge in [0.05, 0.1) is 17.2 Å². The molecule has 9 heteroatoms. The molecule has 0 unspecified atom stereocenters. The molecule has 0 aliphatic heterocycles. The first kappa shape index (κ1) is 21.5. The van der Waals surface area contributed by atoms with Gasteiger partial charge in [-0.1, -0.05) is 40.9 Å². The normalized spacial score (nSPS) is 11.3. The van der Waals surface area contributed by atoms with Gasteiger partial charge in [0.2, 0.25) is 5.91 Å². The van der Waals surface area contributed by atoms with Crippen LogP contribution in [0.3, 0.4) is 0 Å². The van der Waals surface area contributed by atoms with Crippen molar-refractivity contribution >= 4 is 44.8 Å². The second-order valence-corrected chi connectivity index (χ2v) is 8.53. The monoisotopic (exact) mass is 430 g/mol. The molecule has 0 saturated heterocycles. The van der Waals surface area contributed by atoms with E-state index in [9.17, 15) is 13.2 Å². The van der Waals surface area contributed by atoms with Crippen LogP contribution in [-0.4, -0.2) is 41.1 Å². The summed E-state index contributed by atoms with van der Waals surface area (Å²) in [6.07, 6.45) is 0. The van der Waals surface area contributed by atoms with E-state index in [1.807, 2.05) is 6.92 Å². The summed E-state index contributed by atoms with van der Waals surface area (Å²) in [5.41, 5.74) is 1.12. The number of amides is 1. The van der Waals surface area contributed by atoms with E-state index in [1.54, 1.807) is 12.1 Å². The molecule has 1 amide bonds. The maximum absolute atomic E-state index is 13.2. The maximum atomic E-state index is 13.2. The zero-order valence-electron chi connectivity index (χ0n) is 14.9. The Kier molecular flexibility index (Phi) is 7.49. The molecule has 0 fully saturated rings. The first-order valence-electron chi connectivity index (χ1n) is 8.05. The number of hydrogen-bond donors (Lipinski definition) is 1. The highest BCUT2D eigenvalue weighted by molar-refractivity contribution is 7.92. The van der Waals surface area contributed by atoms with E-state index in [0.29, 0.717) is 6.61 Å². The van der Waals surface area contributed by atoms with Gasteiger partial charge in [0.25, 0.3) is 10.0 Å². The summed E-state index contributed by atoms with van der Waals surface area (Å²) >= 11 is 12.1. The van der Waals surface area contributed by atoms with E-state index < -0.39 is 22.5 Å². The number of anilines is 1. The third kappa shape index (κ3) is 5.84. The van der Waals surface area contributed by atoms with E-state index in [2.05, 4.69) is 5.32 Å². The number of ether oxygens (including phenoxy) is 1. The highest BCUT2D eigenvalue weighted by atomic mass is 35.5. The Bertz CT molecular complexity index is 882. The molecule has 146 valence electrons. The van der Waals surface area contributed by atoms with Crippen LogP contribution >= 0.6 is 23.2 Å². The number of benzene rings is 2. The topological polar surface area (TPSA) is 75.7 Å². The lowest BCUT2D eigenvalue weighted by atomic mass is 10.2. The molecule has 6 nitrogen and oxygen atoms in total. The predicted octanol–water partition coefficient (Wildman–Crippen LogP) is 3.26. The van der Waals surface area contributed by atoms with Gasteiger partial charge >= 0.3 is 0 Å². The fraction of sp³-hybridized carbons (Fsp3) is 0.278. The summed E-state index contributed by atoms with van der Waals surface area (Å²) in [5.74, 6) is -0.473. The van der Waals surface area contributed by atoms with E-state index in [0.717, 1.165) is 9.87 Å². The van der Waals surface area contributed by atoms with Gasteiger partial charge in [-0.15, -0.1) is 0 Å². The molecule has 0 aliphatic carbocycles. The van der Waals surface area contributed by atoms with Crippen molar-refractivity contribution in [2.24, 2.45) is 0 Å². The summed E-state index contributed by atoms with van der Waals surface area (Å²) in [7, 11) is -2.50. The quantitative estimate of drug-likeness (QED) is 0.652. The van der Waals surface area contributed by atoms with Crippen LogP contribution in [0.15, 0.2) is 47.4 Å². The number of aryl methyl sites for hydroxylation is 1. The van der Waals surface area contributed by atoms with Crippen LogP contribution in [0.4, 0.5) is 5.69 Å². The Morgan fingerprint density at radius 1 is 1.11 bits per heavy atom. The molecular formula is C18H20Cl2N2O4S. The average molecular weight is 431 g/mol. The number of halogens is 2. The van der Waals surface area contributed by atoms with Crippen molar-refractivity contribution in [1.29, 1.82) is 0 Å². The van der Waals surface area contributed by atoms with E-state index in [1.165, 1.54) is 37.4 Å². The molecule has 0 spiro atoms. The largest absolute Gasteiger partial charge is 0.383 e. The molecule has 1 N–H and O–H groups in total. The molecule has 2 aromatic rings. The van der Waals surface area contributed by atoms with Gasteiger partial charge in [0, 0.05) is 23.7 Å². The van der Waals surface area contributed by atoms with Crippen LogP contribution in [-0.2, 0) is 19.6 Å². The summed E-state index contributed by atoms with van der Waals surface area (Å²) in [6.45, 7) is 2.02. The number of sulfonamides is 1. The average Bonchev–Trinajstić information content (AvgIpc) is 2.59. The fourth-order valence-corrected chi connectivity index (χ4v) is 4.23. The second kappa shape index (κ2) is 9.41. The van der Waals surface area contributed by atoms with Gasteiger partial charge < -0.3 is 10.1 Å². The van der Waals surface area contributed by atoms with Crippen molar-refractivity contribution in [3.05, 3.63) is 58.1 Å². The van der Waals surface area contributed by atoms with Crippen molar-refractivity contribution in [3.8, 4) is 0 Å². The molecule has 27 heavy (non-hydrogen) atoms. The van der Waals surface area contributed by atoms with Crippen LogP contribution in [0.5, 0.6) is 0 Å². The van der Waals surface area contributed by atoms with Crippen molar-refractivity contribution < 1.29 is 17.9 Å². The number of hydrogen-bond acceptors (Lipinski definition) is 4. The molecule has 2 aromatic carbocycles. The molecule has 0 heterocycles. The second-order valence-electron chi connectivity index (χ2n) is 5.80. The van der Waals surface area contributed by atoms with Gasteiger partial charge in [-0.05, 0) is 37.3 Å². The summed E-state index contributed by atoms with van der Waals surface area (Å²) < 4.78 is 32.2. The number of rotatable bonds is 8. The number of carbonyl (C=O) groups excluding carboxylic acids is 1. The van der Waals surface area contributed by atoms with Crippen molar-refractivity contribution in [1.82, 2.24) is 5.32 Å². The Morgan fingerprint density at radius 2 is 1.70 bits per heavy atom. The van der Waals surface area contributed by atoms with Crippen LogP contribution < -0.4 is 9.62 Å². The van der Waals surface area contributed by atoms with Gasteiger partial charge in [-0.25, -0.2) is 8.42 Å². The smallest absolute Gasteiger partial charge is 0.264 e. The van der Waals surface area contributed by atoms with Crippen molar-refractivity contribution in [2.75, 3.05) is 31.1 Å². The summed E-state index contributed by atoms with van der Waals surface area (Å²) in [6, 6.07) is 10.7. The standard InChI is InChI=1S/C18H20Cl2N2O4S/c1-13-3-5-17(6-4-13)27(24,25)22(12-18(23)21-7-8-26-2)16-10-14(19)9-15(20)11-16/h3-6,9-11H,7-8,12H2,1-2H3,(H,21,23). The zero-order chi connectivity index (χ0) is 20.0. The van der Waals surface area contributed by atoms with Crippen LogP contribution in [0.2, 0.25) is 10.0 Å². The third-order valence-corrected chi connectivity index (χ3v) is 5.88. The zero-order valence-corrected chi connectivity index (χ0v) is 17.2. The highest BCUT2D eigenvalue weighted by Crippen LogP contribution is 2.29. The Labute approximate surface area is 169 Å². The van der Waals surface area contributed by atoms with E-state index in [-0.39, 0.29) is 27.2 Å². The lowest BCUT2D eigenvalue weighted by Crippen LogP contribution is -2.41. The molecule has 0 saturated carbocycles. The van der Waals surface area contributed by atoms with E-state index in [4.69, 9.17) is 27.9 Å². The Morgan fingerprint density at radius 3 is 2.26 bits per heavy atom. The molecule has 0 aromatic heterocycles. The van der Waals surface area contributed by atoms with Gasteiger partial charge in [-0.2, -0.15) is 0 Å². The number of carbonyl (C=O) groups is 1. The van der Waals surface area contributed by atoms with Crippen molar-refractivity contribution in [2.45, 2.75) is 11.8 Å². The number of methoxy groups -OCH3 is 1. The minimum atomic E-state index is -4.01. The lowest BCUT2D eigenvalue weighted by molar-refractivity contribution is -0.119. The Balaban J connectivity index is 2.42. The number of nitrogens with one attached hydrogen (secondary N) is 1. The van der Waals surface area contributed by atoms with Gasteiger partial charge in [-0.3, -0.25) is 9.10 Å². The summed E-state index contributed by atoms with van der Waals surface area (Å²) in [5, 5.41) is 3.14. The fourth-order valence-electron chi connectivity index (χ4n) is 2.31. The minimum absolute atomic E-state index is 0.0638. The Hall–Kier alpha value is -1.80. The van der Waals surface area contributed by atoms with Crippen molar-refractivity contribution in [3.63, 3.8) is 0 Å².